The Morgan fingerprint density at radius 1 is 1.50 bits per heavy atom. The molecule has 0 aromatic carbocycles. The van der Waals surface area contributed by atoms with Gasteiger partial charge in [-0.25, -0.2) is 4.98 Å². The number of nitrogens with zero attached hydrogens (tertiary/aromatic N) is 2. The molecule has 1 aromatic rings. The SMILES string of the molecule is CCc1cc(=O)[nH]c(CCN(C)C)n1. The van der Waals surface area contributed by atoms with Crippen molar-refractivity contribution in [2.75, 3.05) is 20.6 Å². The summed E-state index contributed by atoms with van der Waals surface area (Å²) < 4.78 is 0. The fourth-order valence-corrected chi connectivity index (χ4v) is 1.19. The minimum atomic E-state index is -0.0504. The van der Waals surface area contributed by atoms with E-state index < -0.39 is 0 Å². The van der Waals surface area contributed by atoms with Gasteiger partial charge in [0.05, 0.1) is 0 Å². The average molecular weight is 195 g/mol. The van der Waals surface area contributed by atoms with Gasteiger partial charge in [0.25, 0.3) is 5.56 Å². The largest absolute Gasteiger partial charge is 0.311 e. The summed E-state index contributed by atoms with van der Waals surface area (Å²) in [5, 5.41) is 0. The van der Waals surface area contributed by atoms with Crippen molar-refractivity contribution in [1.29, 1.82) is 0 Å². The number of hydrogen-bond acceptors (Lipinski definition) is 3. The molecule has 1 rings (SSSR count). The highest BCUT2D eigenvalue weighted by molar-refractivity contribution is 5.02. The molecule has 0 bridgehead atoms. The van der Waals surface area contributed by atoms with Gasteiger partial charge in [-0.15, -0.1) is 0 Å². The maximum Gasteiger partial charge on any atom is 0.251 e. The fourth-order valence-electron chi connectivity index (χ4n) is 1.19. The van der Waals surface area contributed by atoms with Crippen LogP contribution in [-0.4, -0.2) is 35.5 Å². The Morgan fingerprint density at radius 3 is 2.79 bits per heavy atom. The van der Waals surface area contributed by atoms with Crippen LogP contribution in [0.1, 0.15) is 18.4 Å². The third-order valence-electron chi connectivity index (χ3n) is 2.00. The summed E-state index contributed by atoms with van der Waals surface area (Å²) >= 11 is 0. The first-order valence-corrected chi connectivity index (χ1v) is 4.85. The summed E-state index contributed by atoms with van der Waals surface area (Å²) in [6, 6.07) is 1.55. The van der Waals surface area contributed by atoms with Crippen LogP contribution in [0.2, 0.25) is 0 Å². The van der Waals surface area contributed by atoms with E-state index >= 15 is 0 Å². The molecule has 14 heavy (non-hydrogen) atoms. The number of aryl methyl sites for hydroxylation is 1. The molecule has 0 saturated carbocycles. The molecular weight excluding hydrogens is 178 g/mol. The zero-order chi connectivity index (χ0) is 10.6. The molecular formula is C10H17N3O. The second-order valence-electron chi connectivity index (χ2n) is 3.59. The van der Waals surface area contributed by atoms with Crippen LogP contribution in [0.15, 0.2) is 10.9 Å². The van der Waals surface area contributed by atoms with Crippen molar-refractivity contribution in [2.24, 2.45) is 0 Å². The second-order valence-corrected chi connectivity index (χ2v) is 3.59. The Morgan fingerprint density at radius 2 is 2.21 bits per heavy atom. The van der Waals surface area contributed by atoms with E-state index in [2.05, 4.69) is 14.9 Å². The highest BCUT2D eigenvalue weighted by atomic mass is 16.1. The van der Waals surface area contributed by atoms with E-state index in [4.69, 9.17) is 0 Å². The lowest BCUT2D eigenvalue weighted by Crippen LogP contribution is -2.19. The van der Waals surface area contributed by atoms with Crippen LogP contribution in [0, 0.1) is 0 Å². The van der Waals surface area contributed by atoms with Crippen LogP contribution in [0.5, 0.6) is 0 Å². The van der Waals surface area contributed by atoms with Crippen molar-refractivity contribution < 1.29 is 0 Å². The van der Waals surface area contributed by atoms with E-state index in [1.165, 1.54) is 0 Å². The number of aromatic amines is 1. The van der Waals surface area contributed by atoms with Gasteiger partial charge < -0.3 is 9.88 Å². The number of nitrogens with one attached hydrogen (secondary N) is 1. The minimum absolute atomic E-state index is 0.0504. The zero-order valence-electron chi connectivity index (χ0n) is 9.00. The van der Waals surface area contributed by atoms with E-state index in [1.54, 1.807) is 6.07 Å². The minimum Gasteiger partial charge on any atom is -0.311 e. The molecule has 4 heteroatoms. The molecule has 0 spiro atoms. The van der Waals surface area contributed by atoms with Crippen LogP contribution in [-0.2, 0) is 12.8 Å². The molecule has 0 atom stereocenters. The molecule has 1 aromatic heterocycles. The third kappa shape index (κ3) is 3.30. The van der Waals surface area contributed by atoms with Gasteiger partial charge in [0.15, 0.2) is 0 Å². The first kappa shape index (κ1) is 10.9. The van der Waals surface area contributed by atoms with Gasteiger partial charge in [-0.1, -0.05) is 6.92 Å². The number of rotatable bonds is 4. The standard InChI is InChI=1S/C10H17N3O/c1-4-8-7-10(14)12-9(11-8)5-6-13(2)3/h7H,4-6H2,1-3H3,(H,11,12,14). The number of likely N-dealkylation sites (N-methyl/N-ethyl adjacent to an activating group) is 1. The molecule has 1 heterocycles. The van der Waals surface area contributed by atoms with Crippen LogP contribution >= 0.6 is 0 Å². The maximum atomic E-state index is 11.2. The summed E-state index contributed by atoms with van der Waals surface area (Å²) in [6.07, 6.45) is 1.59. The fraction of sp³-hybridized carbons (Fsp3) is 0.600. The smallest absolute Gasteiger partial charge is 0.251 e. The quantitative estimate of drug-likeness (QED) is 0.758. The molecule has 0 aliphatic carbocycles. The van der Waals surface area contributed by atoms with Crippen molar-refractivity contribution in [3.8, 4) is 0 Å². The molecule has 1 N–H and O–H groups in total. The van der Waals surface area contributed by atoms with Gasteiger partial charge in [-0.2, -0.15) is 0 Å². The predicted molar refractivity (Wildman–Crippen MR) is 56.5 cm³/mol. The van der Waals surface area contributed by atoms with Crippen LogP contribution in [0.25, 0.3) is 0 Å². The van der Waals surface area contributed by atoms with Crippen molar-refractivity contribution in [2.45, 2.75) is 19.8 Å². The van der Waals surface area contributed by atoms with Gasteiger partial charge in [0.1, 0.15) is 5.82 Å². The first-order chi connectivity index (χ1) is 6.61. The molecule has 0 aliphatic heterocycles. The molecule has 0 aliphatic rings. The molecule has 0 amide bonds. The van der Waals surface area contributed by atoms with Crippen molar-refractivity contribution in [1.82, 2.24) is 14.9 Å². The first-order valence-electron chi connectivity index (χ1n) is 4.85. The van der Waals surface area contributed by atoms with E-state index in [-0.39, 0.29) is 5.56 Å². The Balaban J connectivity index is 2.76. The highest BCUT2D eigenvalue weighted by Crippen LogP contribution is 1.94. The molecule has 0 fully saturated rings. The van der Waals surface area contributed by atoms with Gasteiger partial charge in [-0.05, 0) is 20.5 Å². The maximum absolute atomic E-state index is 11.2. The van der Waals surface area contributed by atoms with Crippen LogP contribution in [0.3, 0.4) is 0 Å². The van der Waals surface area contributed by atoms with E-state index in [9.17, 15) is 4.79 Å². The van der Waals surface area contributed by atoms with E-state index in [0.29, 0.717) is 0 Å². The topological polar surface area (TPSA) is 49.0 Å². The monoisotopic (exact) mass is 195 g/mol. The normalized spacial score (nSPS) is 10.9. The Bertz CT molecular complexity index is 343. The van der Waals surface area contributed by atoms with Gasteiger partial charge in [0.2, 0.25) is 0 Å². The summed E-state index contributed by atoms with van der Waals surface area (Å²) in [7, 11) is 4.00. The molecule has 4 nitrogen and oxygen atoms in total. The average Bonchev–Trinajstić information content (AvgIpc) is 2.14. The zero-order valence-corrected chi connectivity index (χ0v) is 9.00. The van der Waals surface area contributed by atoms with Crippen LogP contribution in [0.4, 0.5) is 0 Å². The Hall–Kier alpha value is -1.16. The number of hydrogen-bond donors (Lipinski definition) is 1. The van der Waals surface area contributed by atoms with Gasteiger partial charge >= 0.3 is 0 Å². The van der Waals surface area contributed by atoms with Gasteiger partial charge in [-0.3, -0.25) is 4.79 Å². The summed E-state index contributed by atoms with van der Waals surface area (Å²) in [6.45, 7) is 2.90. The van der Waals surface area contributed by atoms with E-state index in [0.717, 1.165) is 30.9 Å². The summed E-state index contributed by atoms with van der Waals surface area (Å²) in [4.78, 5) is 20.4. The number of H-pyrrole nitrogens is 1. The Kier molecular flexibility index (Phi) is 3.83. The lowest BCUT2D eigenvalue weighted by Gasteiger charge is -2.08. The summed E-state index contributed by atoms with van der Waals surface area (Å²) in [5.74, 6) is 0.781. The van der Waals surface area contributed by atoms with Gasteiger partial charge in [0, 0.05) is 24.7 Å². The van der Waals surface area contributed by atoms with E-state index in [1.807, 2.05) is 21.0 Å². The lowest BCUT2D eigenvalue weighted by molar-refractivity contribution is 0.409. The number of aromatic nitrogens is 2. The Labute approximate surface area is 84.0 Å². The third-order valence-corrected chi connectivity index (χ3v) is 2.00. The predicted octanol–water partition coefficient (Wildman–Crippen LogP) is 0.436. The van der Waals surface area contributed by atoms with Crippen molar-refractivity contribution in [3.63, 3.8) is 0 Å². The van der Waals surface area contributed by atoms with Crippen molar-refractivity contribution >= 4 is 0 Å². The second kappa shape index (κ2) is 4.91. The summed E-state index contributed by atoms with van der Waals surface area (Å²) in [5.41, 5.74) is 0.813. The van der Waals surface area contributed by atoms with Crippen LogP contribution < -0.4 is 5.56 Å². The molecule has 0 radical (unpaired) electrons. The van der Waals surface area contributed by atoms with Crippen molar-refractivity contribution in [3.05, 3.63) is 27.9 Å². The molecule has 78 valence electrons. The highest BCUT2D eigenvalue weighted by Gasteiger charge is 2.00. The molecule has 0 unspecified atom stereocenters. The lowest BCUT2D eigenvalue weighted by atomic mass is 10.3. The molecule has 0 saturated heterocycles.